The summed E-state index contributed by atoms with van der Waals surface area (Å²) >= 11 is 12.1. The van der Waals surface area contributed by atoms with Crippen LogP contribution in [0.2, 0.25) is 10.0 Å². The molecule has 7 nitrogen and oxygen atoms in total. The number of nitrogens with zero attached hydrogens (tertiary/aromatic N) is 1. The van der Waals surface area contributed by atoms with Gasteiger partial charge in [0.15, 0.2) is 6.04 Å². The number of methoxy groups -OCH3 is 1. The molecule has 0 heterocycles. The molecule has 2 atom stereocenters. The number of nitro groups is 1. The summed E-state index contributed by atoms with van der Waals surface area (Å²) in [6, 6.07) is 8.87. The van der Waals surface area contributed by atoms with Crippen molar-refractivity contribution in [3.8, 4) is 5.75 Å². The van der Waals surface area contributed by atoms with Crippen molar-refractivity contribution in [1.82, 2.24) is 0 Å². The number of halogens is 2. The Bertz CT molecular complexity index is 860. The van der Waals surface area contributed by atoms with Crippen LogP contribution in [0, 0.1) is 10.1 Å². The minimum absolute atomic E-state index is 0.113. The number of carbonyl (C=O) groups is 1. The summed E-state index contributed by atoms with van der Waals surface area (Å²) in [6.07, 6.45) is 0. The molecule has 2 rings (SSSR count). The van der Waals surface area contributed by atoms with Crippen molar-refractivity contribution in [3.05, 3.63) is 62.1 Å². The lowest BCUT2D eigenvalue weighted by molar-refractivity contribution is -0.907. The number of rotatable bonds is 7. The van der Waals surface area contributed by atoms with Crippen molar-refractivity contribution < 1.29 is 19.4 Å². The number of nitrogens with one attached hydrogen (secondary N) is 2. The second-order valence-corrected chi connectivity index (χ2v) is 6.96. The summed E-state index contributed by atoms with van der Waals surface area (Å²) in [7, 11) is 3.26. The standard InChI is InChI=1S/C18H19Cl2N3O4/c1-11(22(2)10-12-4-5-13(19)8-15(12)20)18(24)21-16-7-6-14(23(25)26)9-17(16)27-3/h4-9,11H,10H2,1-3H3,(H,21,24)/p+1/t11-/m1/s1. The number of hydrogen-bond acceptors (Lipinski definition) is 4. The second kappa shape index (κ2) is 9.03. The zero-order valence-corrected chi connectivity index (χ0v) is 16.6. The summed E-state index contributed by atoms with van der Waals surface area (Å²) in [5, 5.41) is 14.7. The van der Waals surface area contributed by atoms with Gasteiger partial charge in [-0.3, -0.25) is 14.9 Å². The van der Waals surface area contributed by atoms with E-state index < -0.39 is 11.0 Å². The first-order valence-electron chi connectivity index (χ1n) is 8.12. The topological polar surface area (TPSA) is 85.9 Å². The lowest BCUT2D eigenvalue weighted by atomic mass is 10.1. The fourth-order valence-electron chi connectivity index (χ4n) is 2.48. The quantitative estimate of drug-likeness (QED) is 0.540. The first-order valence-corrected chi connectivity index (χ1v) is 8.88. The average Bonchev–Trinajstić information content (AvgIpc) is 2.63. The van der Waals surface area contributed by atoms with E-state index in [0.29, 0.717) is 22.3 Å². The molecule has 1 amide bonds. The third-order valence-corrected chi connectivity index (χ3v) is 4.86. The summed E-state index contributed by atoms with van der Waals surface area (Å²) in [5.74, 6) is -0.0205. The maximum Gasteiger partial charge on any atom is 0.282 e. The van der Waals surface area contributed by atoms with Crippen LogP contribution in [0.25, 0.3) is 0 Å². The molecule has 0 bridgehead atoms. The summed E-state index contributed by atoms with van der Waals surface area (Å²) in [5.41, 5.74) is 1.14. The van der Waals surface area contributed by atoms with Crippen LogP contribution in [0.5, 0.6) is 5.75 Å². The summed E-state index contributed by atoms with van der Waals surface area (Å²) in [6.45, 7) is 2.31. The van der Waals surface area contributed by atoms with Gasteiger partial charge >= 0.3 is 0 Å². The van der Waals surface area contributed by atoms with Gasteiger partial charge in [-0.15, -0.1) is 0 Å². The van der Waals surface area contributed by atoms with Gasteiger partial charge in [0.25, 0.3) is 11.6 Å². The monoisotopic (exact) mass is 412 g/mol. The van der Waals surface area contributed by atoms with E-state index in [9.17, 15) is 14.9 Å². The number of amides is 1. The largest absolute Gasteiger partial charge is 0.494 e. The molecule has 9 heteroatoms. The molecule has 0 spiro atoms. The van der Waals surface area contributed by atoms with Crippen LogP contribution in [-0.2, 0) is 11.3 Å². The zero-order valence-electron chi connectivity index (χ0n) is 15.1. The normalized spacial score (nSPS) is 12.9. The SMILES string of the molecule is COc1cc([N+](=O)[O-])ccc1NC(=O)[C@@H](C)[NH+](C)Cc1ccc(Cl)cc1Cl. The number of hydrogen-bond donors (Lipinski definition) is 2. The predicted molar refractivity (Wildman–Crippen MR) is 105 cm³/mol. The fourth-order valence-corrected chi connectivity index (χ4v) is 2.96. The van der Waals surface area contributed by atoms with Crippen LogP contribution < -0.4 is 15.0 Å². The highest BCUT2D eigenvalue weighted by Crippen LogP contribution is 2.29. The van der Waals surface area contributed by atoms with E-state index in [1.54, 1.807) is 19.1 Å². The molecule has 2 aromatic rings. The Labute approximate surface area is 167 Å². The van der Waals surface area contributed by atoms with E-state index in [4.69, 9.17) is 27.9 Å². The lowest BCUT2D eigenvalue weighted by Gasteiger charge is -2.22. The molecule has 0 saturated carbocycles. The average molecular weight is 413 g/mol. The first kappa shape index (κ1) is 21.0. The van der Waals surface area contributed by atoms with Crippen LogP contribution in [0.15, 0.2) is 36.4 Å². The van der Waals surface area contributed by atoms with E-state index in [1.165, 1.54) is 25.3 Å². The number of carbonyl (C=O) groups excluding carboxylic acids is 1. The predicted octanol–water partition coefficient (Wildman–Crippen LogP) is 2.95. The van der Waals surface area contributed by atoms with Crippen LogP contribution in [-0.4, -0.2) is 31.0 Å². The molecule has 0 aromatic heterocycles. The maximum absolute atomic E-state index is 12.6. The van der Waals surface area contributed by atoms with Crippen LogP contribution in [0.4, 0.5) is 11.4 Å². The van der Waals surface area contributed by atoms with Gasteiger partial charge in [-0.1, -0.05) is 29.3 Å². The molecule has 0 aliphatic carbocycles. The van der Waals surface area contributed by atoms with Crippen LogP contribution >= 0.6 is 23.2 Å². The van der Waals surface area contributed by atoms with Gasteiger partial charge in [-0.05, 0) is 25.1 Å². The Hall–Kier alpha value is -2.35. The fraction of sp³-hybridized carbons (Fsp3) is 0.278. The van der Waals surface area contributed by atoms with E-state index in [2.05, 4.69) is 5.32 Å². The van der Waals surface area contributed by atoms with E-state index >= 15 is 0 Å². The van der Waals surface area contributed by atoms with Crippen LogP contribution in [0.3, 0.4) is 0 Å². The van der Waals surface area contributed by atoms with E-state index in [1.807, 2.05) is 13.1 Å². The molecule has 0 saturated heterocycles. The number of ether oxygens (including phenoxy) is 1. The van der Waals surface area contributed by atoms with Gasteiger partial charge in [0.1, 0.15) is 12.3 Å². The highest BCUT2D eigenvalue weighted by Gasteiger charge is 2.24. The molecule has 0 aliphatic rings. The number of likely N-dealkylation sites (N-methyl/N-ethyl adjacent to an activating group) is 1. The Morgan fingerprint density at radius 3 is 2.59 bits per heavy atom. The van der Waals surface area contributed by atoms with Gasteiger partial charge in [0.2, 0.25) is 0 Å². The third-order valence-electron chi connectivity index (χ3n) is 4.27. The Morgan fingerprint density at radius 1 is 1.30 bits per heavy atom. The molecular weight excluding hydrogens is 393 g/mol. The highest BCUT2D eigenvalue weighted by molar-refractivity contribution is 6.35. The summed E-state index contributed by atoms with van der Waals surface area (Å²) in [4.78, 5) is 23.8. The Balaban J connectivity index is 2.09. The lowest BCUT2D eigenvalue weighted by Crippen LogP contribution is -3.12. The zero-order chi connectivity index (χ0) is 20.1. The smallest absolute Gasteiger partial charge is 0.282 e. The molecule has 27 heavy (non-hydrogen) atoms. The maximum atomic E-state index is 12.6. The summed E-state index contributed by atoms with van der Waals surface area (Å²) < 4.78 is 5.14. The van der Waals surface area contributed by atoms with Crippen molar-refractivity contribution in [2.45, 2.75) is 19.5 Å². The second-order valence-electron chi connectivity index (χ2n) is 6.11. The molecular formula is C18H20Cl2N3O4+. The molecule has 0 radical (unpaired) electrons. The van der Waals surface area contributed by atoms with Gasteiger partial charge in [0.05, 0.1) is 35.9 Å². The van der Waals surface area contributed by atoms with Gasteiger partial charge in [-0.2, -0.15) is 0 Å². The number of quaternary nitrogens is 1. The molecule has 0 fully saturated rings. The van der Waals surface area contributed by atoms with Crippen molar-refractivity contribution in [1.29, 1.82) is 0 Å². The van der Waals surface area contributed by atoms with E-state index in [0.717, 1.165) is 10.5 Å². The third kappa shape index (κ3) is 5.32. The molecule has 2 N–H and O–H groups in total. The molecule has 0 aliphatic heterocycles. The molecule has 144 valence electrons. The highest BCUT2D eigenvalue weighted by atomic mass is 35.5. The molecule has 2 aromatic carbocycles. The first-order chi connectivity index (χ1) is 12.7. The minimum atomic E-state index is -0.523. The number of nitro benzene ring substituents is 1. The number of benzene rings is 2. The minimum Gasteiger partial charge on any atom is -0.494 e. The Morgan fingerprint density at radius 2 is 2.00 bits per heavy atom. The Kier molecular flexibility index (Phi) is 7.01. The van der Waals surface area contributed by atoms with Crippen molar-refractivity contribution in [3.63, 3.8) is 0 Å². The molecule has 1 unspecified atom stereocenters. The van der Waals surface area contributed by atoms with Gasteiger partial charge in [-0.25, -0.2) is 0 Å². The van der Waals surface area contributed by atoms with Gasteiger partial charge in [0, 0.05) is 16.7 Å². The van der Waals surface area contributed by atoms with Crippen molar-refractivity contribution >= 4 is 40.5 Å². The number of anilines is 1. The van der Waals surface area contributed by atoms with Crippen molar-refractivity contribution in [2.75, 3.05) is 19.5 Å². The number of non-ortho nitro benzene ring substituents is 1. The van der Waals surface area contributed by atoms with Crippen molar-refractivity contribution in [2.24, 2.45) is 0 Å². The van der Waals surface area contributed by atoms with E-state index in [-0.39, 0.29) is 17.3 Å². The van der Waals surface area contributed by atoms with Gasteiger partial charge < -0.3 is 15.0 Å². The van der Waals surface area contributed by atoms with Crippen LogP contribution in [0.1, 0.15) is 12.5 Å².